The molecule has 0 spiro atoms. The van der Waals surface area contributed by atoms with Crippen LogP contribution >= 0.6 is 0 Å². The summed E-state index contributed by atoms with van der Waals surface area (Å²) in [6.07, 6.45) is 20.7. The van der Waals surface area contributed by atoms with Gasteiger partial charge < -0.3 is 31.3 Å². The molecule has 6 fully saturated rings. The summed E-state index contributed by atoms with van der Waals surface area (Å²) >= 11 is 0. The fourth-order valence-electron chi connectivity index (χ4n) is 14.1. The molecule has 9 atom stereocenters. The summed E-state index contributed by atoms with van der Waals surface area (Å²) in [7, 11) is 0. The Bertz CT molecular complexity index is 1710. The molecule has 8 rings (SSSR count). The number of pyridine rings is 1. The van der Waals surface area contributed by atoms with Gasteiger partial charge >= 0.3 is 5.97 Å². The highest BCUT2D eigenvalue weighted by atomic mass is 16.4. The van der Waals surface area contributed by atoms with E-state index in [0.717, 1.165) is 43.1 Å². The second kappa shape index (κ2) is 25.5. The number of aromatic carboxylic acids is 1. The molecule has 10 nitrogen and oxygen atoms in total. The van der Waals surface area contributed by atoms with Gasteiger partial charge in [0, 0.05) is 18.3 Å². The Labute approximate surface area is 388 Å². The molecular formula is C54H90N4O6. The second-order valence-electron chi connectivity index (χ2n) is 19.9. The molecule has 1 aromatic heterocycles. The Kier molecular flexibility index (Phi) is 21.9. The number of nitrogens with one attached hydrogen (secondary N) is 1. The normalized spacial score (nSPS) is 31.7. The molecule has 6 N–H and O–H groups in total. The van der Waals surface area contributed by atoms with Crippen LogP contribution in [-0.2, 0) is 17.8 Å². The van der Waals surface area contributed by atoms with Crippen LogP contribution in [0, 0.1) is 51.2 Å². The summed E-state index contributed by atoms with van der Waals surface area (Å²) in [5.41, 5.74) is 8.08. The Morgan fingerprint density at radius 3 is 2.11 bits per heavy atom. The maximum absolute atomic E-state index is 13.1. The molecular weight excluding hydrogens is 801 g/mol. The van der Waals surface area contributed by atoms with Crippen LogP contribution in [0.2, 0.25) is 0 Å². The number of aliphatic hydroxyl groups excluding tert-OH is 2. The first kappa shape index (κ1) is 55.0. The number of rotatable bonds is 9. The third kappa shape index (κ3) is 12.4. The minimum absolute atomic E-state index is 0.0172. The molecule has 0 radical (unpaired) electrons. The van der Waals surface area contributed by atoms with E-state index in [1.54, 1.807) is 6.07 Å². The SMILES string of the molecule is CC.CC.CC.CC1(C)C(O)CCC2(C)C1CCC1(C)C3CCC4(CCc5cccc(C(=O)NCc6ccc(C(=O)O)cn6)c5)CCCC4C3CCC12.NC=O.OCCN1CCCC1. The van der Waals surface area contributed by atoms with E-state index in [4.69, 9.17) is 15.0 Å². The lowest BCUT2D eigenvalue weighted by atomic mass is 9.36. The molecule has 64 heavy (non-hydrogen) atoms. The van der Waals surface area contributed by atoms with E-state index < -0.39 is 5.97 Å². The summed E-state index contributed by atoms with van der Waals surface area (Å²) in [6, 6.07) is 11.3. The summed E-state index contributed by atoms with van der Waals surface area (Å²) in [5.74, 6) is 2.80. The molecule has 2 amide bonds. The van der Waals surface area contributed by atoms with Crippen molar-refractivity contribution in [1.82, 2.24) is 15.2 Å². The van der Waals surface area contributed by atoms with Crippen LogP contribution < -0.4 is 11.1 Å². The van der Waals surface area contributed by atoms with Crippen molar-refractivity contribution in [2.75, 3.05) is 26.2 Å². The van der Waals surface area contributed by atoms with Gasteiger partial charge in [-0.1, -0.05) is 87.8 Å². The van der Waals surface area contributed by atoms with Crippen LogP contribution in [0.1, 0.15) is 191 Å². The van der Waals surface area contributed by atoms with Gasteiger partial charge in [0.2, 0.25) is 6.41 Å². The standard InChI is InChI=1S/C41H56N2O4.C6H13NO.3C2H6.CH3NO/c1-38(2)33-16-19-39(3)31-15-22-41(18-6-9-32(41)30(31)12-13-34(39)40(33,4)20-17-35(38)44)21-14-26-7-5-8-27(23-26)36(45)43-25-29-11-10-28(24-42-29)37(46)47;8-6-5-7-3-1-2-4-7;3*1-2;2-1-3/h5,7-8,10-11,23-24,30-35,44H,6,9,12-22,25H2,1-4H3,(H,43,45)(H,46,47);8H,1-6H2;3*1-2H3;1H,(H2,2,3). The lowest BCUT2D eigenvalue weighted by molar-refractivity contribution is -0.214. The first-order valence-electron chi connectivity index (χ1n) is 25.4. The van der Waals surface area contributed by atoms with Crippen molar-refractivity contribution in [2.24, 2.45) is 57.0 Å². The highest BCUT2D eigenvalue weighted by molar-refractivity contribution is 5.94. The maximum Gasteiger partial charge on any atom is 0.337 e. The number of primary amides is 1. The van der Waals surface area contributed by atoms with Crippen LogP contribution in [0.5, 0.6) is 0 Å². The van der Waals surface area contributed by atoms with Crippen molar-refractivity contribution >= 4 is 18.3 Å². The van der Waals surface area contributed by atoms with Crippen molar-refractivity contribution in [1.29, 1.82) is 0 Å². The highest BCUT2D eigenvalue weighted by Crippen LogP contribution is 2.73. The number of hydrogen-bond donors (Lipinski definition) is 5. The molecule has 362 valence electrons. The number of β-amino-alcohol motifs (C(OH)–C–C–N with tert-alkyl or cyclic N) is 1. The van der Waals surface area contributed by atoms with Gasteiger partial charge in [0.25, 0.3) is 5.91 Å². The molecule has 5 saturated carbocycles. The number of nitrogens with two attached hydrogens (primary N) is 1. The van der Waals surface area contributed by atoms with Crippen LogP contribution in [0.15, 0.2) is 42.6 Å². The Balaban J connectivity index is 0.000000551. The zero-order chi connectivity index (χ0) is 47.7. The van der Waals surface area contributed by atoms with E-state index in [-0.39, 0.29) is 35.9 Å². The van der Waals surface area contributed by atoms with E-state index in [1.807, 2.05) is 53.7 Å². The average Bonchev–Trinajstić information content (AvgIpc) is 4.00. The molecule has 1 aliphatic heterocycles. The van der Waals surface area contributed by atoms with Crippen molar-refractivity contribution in [3.63, 3.8) is 0 Å². The minimum atomic E-state index is -1.01. The minimum Gasteiger partial charge on any atom is -0.478 e. The number of benzene rings is 1. The summed E-state index contributed by atoms with van der Waals surface area (Å²) in [4.78, 5) is 39.2. The fourth-order valence-corrected chi connectivity index (χ4v) is 14.1. The lowest BCUT2D eigenvalue weighted by Crippen LogP contribution is -2.63. The smallest absolute Gasteiger partial charge is 0.337 e. The number of aliphatic hydroxyl groups is 2. The van der Waals surface area contributed by atoms with Crippen LogP contribution in [0.3, 0.4) is 0 Å². The second-order valence-corrected chi connectivity index (χ2v) is 19.9. The predicted octanol–water partition coefficient (Wildman–Crippen LogP) is 10.7. The summed E-state index contributed by atoms with van der Waals surface area (Å²) < 4.78 is 0. The van der Waals surface area contributed by atoms with Crippen molar-refractivity contribution in [3.05, 3.63) is 65.0 Å². The number of nitrogens with zero attached hydrogens (tertiary/aromatic N) is 2. The first-order valence-corrected chi connectivity index (χ1v) is 25.4. The van der Waals surface area contributed by atoms with E-state index in [1.165, 1.54) is 114 Å². The fraction of sp³-hybridized carbons (Fsp3) is 0.741. The number of carbonyl (C=O) groups excluding carboxylic acids is 2. The molecule has 0 bridgehead atoms. The zero-order valence-electron chi connectivity index (χ0n) is 41.8. The molecule has 9 unspecified atom stereocenters. The van der Waals surface area contributed by atoms with Gasteiger partial charge in [-0.15, -0.1) is 0 Å². The molecule has 2 aromatic rings. The van der Waals surface area contributed by atoms with Crippen molar-refractivity contribution < 1.29 is 29.7 Å². The molecule has 6 aliphatic rings. The molecule has 2 heterocycles. The monoisotopic (exact) mass is 891 g/mol. The van der Waals surface area contributed by atoms with Crippen LogP contribution in [0.4, 0.5) is 0 Å². The lowest BCUT2D eigenvalue weighted by Gasteiger charge is -2.69. The molecule has 10 heteroatoms. The van der Waals surface area contributed by atoms with E-state index in [2.05, 4.69) is 60.8 Å². The van der Waals surface area contributed by atoms with E-state index in [9.17, 15) is 14.7 Å². The average molecular weight is 891 g/mol. The Morgan fingerprint density at radius 1 is 0.812 bits per heavy atom. The number of hydrogen-bond acceptors (Lipinski definition) is 7. The summed E-state index contributed by atoms with van der Waals surface area (Å²) in [6.45, 7) is 25.9. The predicted molar refractivity (Wildman–Crippen MR) is 261 cm³/mol. The molecule has 5 aliphatic carbocycles. The van der Waals surface area contributed by atoms with Gasteiger partial charge in [-0.05, 0) is 184 Å². The number of carboxylic acid groups (broad SMARTS) is 1. The van der Waals surface area contributed by atoms with Crippen LogP contribution in [0.25, 0.3) is 0 Å². The highest BCUT2D eigenvalue weighted by Gasteiger charge is 2.66. The largest absolute Gasteiger partial charge is 0.478 e. The van der Waals surface area contributed by atoms with Crippen molar-refractivity contribution in [3.8, 4) is 0 Å². The zero-order valence-corrected chi connectivity index (χ0v) is 41.8. The Morgan fingerprint density at radius 2 is 1.48 bits per heavy atom. The summed E-state index contributed by atoms with van der Waals surface area (Å²) in [5, 5.41) is 31.5. The van der Waals surface area contributed by atoms with Crippen molar-refractivity contribution in [2.45, 2.75) is 178 Å². The topological polar surface area (TPSA) is 166 Å². The van der Waals surface area contributed by atoms with Gasteiger partial charge in [-0.3, -0.25) is 14.6 Å². The van der Waals surface area contributed by atoms with Gasteiger partial charge in [0.1, 0.15) is 0 Å². The first-order chi connectivity index (χ1) is 30.7. The third-order valence-electron chi connectivity index (χ3n) is 16.9. The number of likely N-dealkylation sites (tertiary alicyclic amines) is 1. The van der Waals surface area contributed by atoms with E-state index in [0.29, 0.717) is 40.0 Å². The molecule has 1 aromatic carbocycles. The number of amides is 2. The van der Waals surface area contributed by atoms with E-state index >= 15 is 0 Å². The number of carboxylic acids is 1. The number of aromatic nitrogens is 1. The number of fused-ring (bicyclic) bond motifs is 7. The van der Waals surface area contributed by atoms with Crippen LogP contribution in [-0.4, -0.2) is 75.8 Å². The van der Waals surface area contributed by atoms with Gasteiger partial charge in [-0.25, -0.2) is 4.79 Å². The van der Waals surface area contributed by atoms with Gasteiger partial charge in [0.05, 0.1) is 30.5 Å². The third-order valence-corrected chi connectivity index (χ3v) is 16.9. The quantitative estimate of drug-likeness (QED) is 0.155. The van der Waals surface area contributed by atoms with Gasteiger partial charge in [0.15, 0.2) is 0 Å². The number of carbonyl (C=O) groups is 3. The van der Waals surface area contributed by atoms with Gasteiger partial charge in [-0.2, -0.15) is 0 Å². The number of aryl methyl sites for hydroxylation is 1. The Hall–Kier alpha value is -3.34. The maximum atomic E-state index is 13.1. The molecule has 1 saturated heterocycles.